The SMILES string of the molecule is O=C(NS(=O)(=O)C1CC1)c1cccc(CN2C(=O)[C@@]3(C[C@H]3c3ccc(F)cc3)c3ccccc32)c1. The third kappa shape index (κ3) is 3.63. The third-order valence-corrected chi connectivity index (χ3v) is 9.08. The molecule has 0 bridgehead atoms. The summed E-state index contributed by atoms with van der Waals surface area (Å²) in [7, 11) is -3.65. The number of para-hydroxylation sites is 1. The molecule has 178 valence electrons. The van der Waals surface area contributed by atoms with Gasteiger partial charge in [-0.25, -0.2) is 17.5 Å². The highest BCUT2D eigenvalue weighted by atomic mass is 32.2. The van der Waals surface area contributed by atoms with Crippen molar-refractivity contribution in [3.05, 3.63) is 101 Å². The topological polar surface area (TPSA) is 83.6 Å². The van der Waals surface area contributed by atoms with E-state index in [2.05, 4.69) is 4.72 Å². The molecule has 6 nitrogen and oxygen atoms in total. The molecule has 1 heterocycles. The lowest BCUT2D eigenvalue weighted by atomic mass is 9.92. The van der Waals surface area contributed by atoms with Crippen molar-refractivity contribution >= 4 is 27.5 Å². The molecule has 0 aromatic heterocycles. The van der Waals surface area contributed by atoms with Gasteiger partial charge in [0.2, 0.25) is 15.9 Å². The number of carbonyl (C=O) groups excluding carboxylic acids is 2. The van der Waals surface area contributed by atoms with Crippen LogP contribution in [0.3, 0.4) is 0 Å². The van der Waals surface area contributed by atoms with Crippen LogP contribution < -0.4 is 9.62 Å². The first-order valence-electron chi connectivity index (χ1n) is 11.6. The van der Waals surface area contributed by atoms with Crippen molar-refractivity contribution in [2.75, 3.05) is 4.90 Å². The van der Waals surface area contributed by atoms with Crippen molar-refractivity contribution in [2.45, 2.75) is 42.4 Å². The molecule has 3 aromatic rings. The van der Waals surface area contributed by atoms with Gasteiger partial charge in [0.05, 0.1) is 17.2 Å². The van der Waals surface area contributed by atoms with E-state index in [0.29, 0.717) is 19.3 Å². The molecule has 2 aliphatic carbocycles. The number of anilines is 1. The standard InChI is InChI=1S/C27H23FN2O4S/c28-20-10-8-18(9-11-20)23-15-27(23)22-6-1-2-7-24(22)30(26(27)32)16-17-4-3-5-19(14-17)25(31)29-35(33,34)21-12-13-21/h1-11,14,21,23H,12-13,15-16H2,(H,29,31)/t23-,27-/m0/s1. The summed E-state index contributed by atoms with van der Waals surface area (Å²) in [5.41, 5.74) is 3.02. The maximum absolute atomic E-state index is 13.8. The van der Waals surface area contributed by atoms with Crippen LogP contribution in [0.2, 0.25) is 0 Å². The molecule has 0 radical (unpaired) electrons. The van der Waals surface area contributed by atoms with Gasteiger partial charge in [-0.05, 0) is 66.3 Å². The van der Waals surface area contributed by atoms with Gasteiger partial charge in [0, 0.05) is 17.2 Å². The Morgan fingerprint density at radius 1 is 1.03 bits per heavy atom. The second kappa shape index (κ2) is 7.75. The fourth-order valence-corrected chi connectivity index (χ4v) is 6.55. The first kappa shape index (κ1) is 22.0. The van der Waals surface area contributed by atoms with Crippen LogP contribution in [0, 0.1) is 5.82 Å². The minimum Gasteiger partial charge on any atom is -0.307 e. The number of fused-ring (bicyclic) bond motifs is 2. The molecule has 2 saturated carbocycles. The van der Waals surface area contributed by atoms with E-state index in [9.17, 15) is 22.4 Å². The number of nitrogens with one attached hydrogen (secondary N) is 1. The molecule has 8 heteroatoms. The number of rotatable bonds is 6. The lowest BCUT2D eigenvalue weighted by Gasteiger charge is -2.19. The predicted octanol–water partition coefficient (Wildman–Crippen LogP) is 4.02. The molecule has 1 N–H and O–H groups in total. The van der Waals surface area contributed by atoms with Crippen LogP contribution in [0.25, 0.3) is 0 Å². The van der Waals surface area contributed by atoms with Gasteiger partial charge >= 0.3 is 0 Å². The summed E-state index contributed by atoms with van der Waals surface area (Å²) in [6, 6.07) is 20.7. The summed E-state index contributed by atoms with van der Waals surface area (Å²) in [6.45, 7) is 0.254. The summed E-state index contributed by atoms with van der Waals surface area (Å²) in [5.74, 6) is -1.01. The zero-order valence-electron chi connectivity index (χ0n) is 18.8. The van der Waals surface area contributed by atoms with Crippen LogP contribution in [0.15, 0.2) is 72.8 Å². The maximum Gasteiger partial charge on any atom is 0.264 e. The van der Waals surface area contributed by atoms with Gasteiger partial charge in [0.15, 0.2) is 0 Å². The van der Waals surface area contributed by atoms with Crippen molar-refractivity contribution in [1.82, 2.24) is 4.72 Å². The largest absolute Gasteiger partial charge is 0.307 e. The molecule has 6 rings (SSSR count). The van der Waals surface area contributed by atoms with E-state index in [4.69, 9.17) is 0 Å². The minimum absolute atomic E-state index is 0.0146. The van der Waals surface area contributed by atoms with Crippen LogP contribution in [0.4, 0.5) is 10.1 Å². The predicted molar refractivity (Wildman–Crippen MR) is 129 cm³/mol. The molecule has 2 fully saturated rings. The average Bonchev–Trinajstić information content (AvgIpc) is 3.76. The van der Waals surface area contributed by atoms with Crippen LogP contribution in [0.5, 0.6) is 0 Å². The molecule has 0 unspecified atom stereocenters. The second-order valence-corrected chi connectivity index (χ2v) is 11.5. The van der Waals surface area contributed by atoms with E-state index in [1.54, 1.807) is 35.2 Å². The molecule has 35 heavy (non-hydrogen) atoms. The normalized spacial score (nSPS) is 22.8. The molecule has 1 aliphatic heterocycles. The number of halogens is 1. The minimum atomic E-state index is -3.65. The number of hydrogen-bond acceptors (Lipinski definition) is 4. The Labute approximate surface area is 202 Å². The van der Waals surface area contributed by atoms with Crippen molar-refractivity contribution < 1.29 is 22.4 Å². The van der Waals surface area contributed by atoms with Crippen LogP contribution in [0.1, 0.15) is 52.2 Å². The number of benzene rings is 3. The van der Waals surface area contributed by atoms with Crippen LogP contribution in [-0.4, -0.2) is 25.5 Å². The summed E-state index contributed by atoms with van der Waals surface area (Å²) in [4.78, 5) is 28.1. The lowest BCUT2D eigenvalue weighted by Crippen LogP contribution is -2.34. The monoisotopic (exact) mass is 490 g/mol. The Kier molecular flexibility index (Phi) is 4.86. The van der Waals surface area contributed by atoms with E-state index in [1.807, 2.05) is 30.3 Å². The highest BCUT2D eigenvalue weighted by Gasteiger charge is 2.67. The van der Waals surface area contributed by atoms with Gasteiger partial charge in [-0.3, -0.25) is 9.59 Å². The molecular weight excluding hydrogens is 467 g/mol. The third-order valence-electron chi connectivity index (χ3n) is 7.26. The quantitative estimate of drug-likeness (QED) is 0.566. The van der Waals surface area contributed by atoms with E-state index < -0.39 is 26.6 Å². The van der Waals surface area contributed by atoms with Gasteiger partial charge in [-0.15, -0.1) is 0 Å². The van der Waals surface area contributed by atoms with Gasteiger partial charge < -0.3 is 4.90 Å². The Bertz CT molecular complexity index is 1470. The van der Waals surface area contributed by atoms with Crippen molar-refractivity contribution in [2.24, 2.45) is 0 Å². The van der Waals surface area contributed by atoms with Gasteiger partial charge in [0.1, 0.15) is 5.82 Å². The van der Waals surface area contributed by atoms with E-state index in [-0.39, 0.29) is 29.8 Å². The average molecular weight is 491 g/mol. The van der Waals surface area contributed by atoms with E-state index in [0.717, 1.165) is 22.4 Å². The number of hydrogen-bond donors (Lipinski definition) is 1. The number of carbonyl (C=O) groups is 2. The fourth-order valence-electron chi connectivity index (χ4n) is 5.25. The zero-order chi connectivity index (χ0) is 24.4. The highest BCUT2D eigenvalue weighted by Crippen LogP contribution is 2.66. The summed E-state index contributed by atoms with van der Waals surface area (Å²) in [5, 5.41) is -0.489. The Morgan fingerprint density at radius 3 is 2.51 bits per heavy atom. The summed E-state index contributed by atoms with van der Waals surface area (Å²) < 4.78 is 39.9. The van der Waals surface area contributed by atoms with E-state index >= 15 is 0 Å². The first-order chi connectivity index (χ1) is 16.8. The van der Waals surface area contributed by atoms with Gasteiger partial charge in [0.25, 0.3) is 5.91 Å². The van der Waals surface area contributed by atoms with E-state index in [1.165, 1.54) is 12.1 Å². The maximum atomic E-state index is 13.8. The summed E-state index contributed by atoms with van der Waals surface area (Å²) >= 11 is 0. The Morgan fingerprint density at radius 2 is 1.77 bits per heavy atom. The zero-order valence-corrected chi connectivity index (χ0v) is 19.6. The molecule has 2 atom stereocenters. The number of sulfonamides is 1. The molecule has 3 aromatic carbocycles. The second-order valence-electron chi connectivity index (χ2n) is 9.56. The lowest BCUT2D eigenvalue weighted by molar-refractivity contribution is -0.120. The smallest absolute Gasteiger partial charge is 0.264 e. The van der Waals surface area contributed by atoms with Crippen molar-refractivity contribution in [3.8, 4) is 0 Å². The fraction of sp³-hybridized carbons (Fsp3) is 0.259. The van der Waals surface area contributed by atoms with Crippen LogP contribution >= 0.6 is 0 Å². The van der Waals surface area contributed by atoms with Gasteiger partial charge in [-0.2, -0.15) is 0 Å². The van der Waals surface area contributed by atoms with Crippen molar-refractivity contribution in [3.63, 3.8) is 0 Å². The Hall–Kier alpha value is -3.52. The molecule has 2 amide bonds. The molecule has 3 aliphatic rings. The number of nitrogens with zero attached hydrogens (tertiary/aromatic N) is 1. The molecule has 0 saturated heterocycles. The summed E-state index contributed by atoms with van der Waals surface area (Å²) in [6.07, 6.45) is 1.80. The van der Waals surface area contributed by atoms with Gasteiger partial charge in [-0.1, -0.05) is 42.5 Å². The Balaban J connectivity index is 1.27. The van der Waals surface area contributed by atoms with Crippen LogP contribution in [-0.2, 0) is 26.8 Å². The van der Waals surface area contributed by atoms with Crippen molar-refractivity contribution in [1.29, 1.82) is 0 Å². The molecular formula is C27H23FN2O4S. The molecule has 1 spiro atoms. The highest BCUT2D eigenvalue weighted by molar-refractivity contribution is 7.91. The first-order valence-corrected chi connectivity index (χ1v) is 13.2. The number of amides is 2.